The summed E-state index contributed by atoms with van der Waals surface area (Å²) >= 11 is 0. The van der Waals surface area contributed by atoms with Crippen molar-refractivity contribution in [2.24, 2.45) is 5.92 Å². The molecule has 0 aromatic carbocycles. The lowest BCUT2D eigenvalue weighted by Gasteiger charge is -2.33. The number of amides is 1. The normalized spacial score (nSPS) is 17.7. The molecule has 6 heteroatoms. The van der Waals surface area contributed by atoms with Crippen LogP contribution >= 0.6 is 0 Å². The molecule has 1 heterocycles. The molecule has 1 atom stereocenters. The molecule has 1 aliphatic rings. The SMILES string of the molecule is CCOC(=O)C(CC)OCC1CCN(C(=O)OC(C)(C)C)CC1. The number of carbonyl (C=O) groups excluding carboxylic acids is 2. The number of esters is 1. The molecular weight excluding hydrogens is 298 g/mol. The van der Waals surface area contributed by atoms with E-state index in [1.54, 1.807) is 11.8 Å². The van der Waals surface area contributed by atoms with Crippen LogP contribution in [0.1, 0.15) is 53.9 Å². The Labute approximate surface area is 139 Å². The third kappa shape index (κ3) is 7.20. The molecular formula is C17H31NO5. The van der Waals surface area contributed by atoms with Crippen molar-refractivity contribution in [3.63, 3.8) is 0 Å². The van der Waals surface area contributed by atoms with Crippen LogP contribution in [0.4, 0.5) is 4.79 Å². The van der Waals surface area contributed by atoms with Crippen molar-refractivity contribution in [1.82, 2.24) is 4.90 Å². The second-order valence-electron chi connectivity index (χ2n) is 6.89. The molecule has 1 fully saturated rings. The van der Waals surface area contributed by atoms with E-state index in [1.165, 1.54) is 0 Å². The Morgan fingerprint density at radius 3 is 2.26 bits per heavy atom. The van der Waals surface area contributed by atoms with Crippen LogP contribution in [0.25, 0.3) is 0 Å². The van der Waals surface area contributed by atoms with Crippen molar-refractivity contribution in [1.29, 1.82) is 0 Å². The highest BCUT2D eigenvalue weighted by atomic mass is 16.6. The molecule has 0 saturated carbocycles. The molecule has 1 unspecified atom stereocenters. The standard InChI is InChI=1S/C17H31NO5/c1-6-14(15(19)21-7-2)22-12-13-8-10-18(11-9-13)16(20)23-17(3,4)5/h13-14H,6-12H2,1-5H3. The van der Waals surface area contributed by atoms with Crippen LogP contribution < -0.4 is 0 Å². The second kappa shape index (κ2) is 9.11. The van der Waals surface area contributed by atoms with Crippen molar-refractivity contribution in [2.45, 2.75) is 65.6 Å². The van der Waals surface area contributed by atoms with E-state index in [9.17, 15) is 9.59 Å². The van der Waals surface area contributed by atoms with E-state index in [-0.39, 0.29) is 12.1 Å². The Hall–Kier alpha value is -1.30. The van der Waals surface area contributed by atoms with Gasteiger partial charge in [-0.1, -0.05) is 6.92 Å². The van der Waals surface area contributed by atoms with Gasteiger partial charge in [0.05, 0.1) is 13.2 Å². The van der Waals surface area contributed by atoms with Crippen molar-refractivity contribution in [3.05, 3.63) is 0 Å². The minimum atomic E-state index is -0.487. The lowest BCUT2D eigenvalue weighted by Crippen LogP contribution is -2.42. The van der Waals surface area contributed by atoms with E-state index < -0.39 is 11.7 Å². The van der Waals surface area contributed by atoms with E-state index in [0.29, 0.717) is 38.6 Å². The average Bonchev–Trinajstić information content (AvgIpc) is 2.47. The molecule has 0 aromatic rings. The Morgan fingerprint density at radius 1 is 1.17 bits per heavy atom. The molecule has 1 rings (SSSR count). The van der Waals surface area contributed by atoms with Crippen molar-refractivity contribution < 1.29 is 23.8 Å². The van der Waals surface area contributed by atoms with Crippen LogP contribution in [0, 0.1) is 5.92 Å². The number of rotatable bonds is 6. The fraction of sp³-hybridized carbons (Fsp3) is 0.882. The van der Waals surface area contributed by atoms with E-state index in [2.05, 4.69) is 0 Å². The Balaban J connectivity index is 2.33. The number of hydrogen-bond donors (Lipinski definition) is 0. The van der Waals surface area contributed by atoms with Gasteiger partial charge in [-0.3, -0.25) is 0 Å². The van der Waals surface area contributed by atoms with Gasteiger partial charge in [-0.25, -0.2) is 9.59 Å². The summed E-state index contributed by atoms with van der Waals surface area (Å²) in [5.74, 6) is 0.0679. The number of hydrogen-bond acceptors (Lipinski definition) is 5. The van der Waals surface area contributed by atoms with Crippen LogP contribution in [0.5, 0.6) is 0 Å². The van der Waals surface area contributed by atoms with Crippen molar-refractivity contribution >= 4 is 12.1 Å². The maximum Gasteiger partial charge on any atom is 0.410 e. The topological polar surface area (TPSA) is 65.1 Å². The molecule has 0 aromatic heterocycles. The van der Waals surface area contributed by atoms with Crippen molar-refractivity contribution in [3.8, 4) is 0 Å². The summed E-state index contributed by atoms with van der Waals surface area (Å²) in [6, 6.07) is 0. The van der Waals surface area contributed by atoms with Gasteiger partial charge in [-0.05, 0) is 52.9 Å². The molecule has 1 amide bonds. The van der Waals surface area contributed by atoms with Gasteiger partial charge in [0, 0.05) is 13.1 Å². The van der Waals surface area contributed by atoms with Gasteiger partial charge in [0.25, 0.3) is 0 Å². The van der Waals surface area contributed by atoms with Crippen LogP contribution in [-0.4, -0.2) is 55.0 Å². The maximum atomic E-state index is 12.0. The zero-order valence-corrected chi connectivity index (χ0v) is 15.1. The minimum Gasteiger partial charge on any atom is -0.464 e. The summed E-state index contributed by atoms with van der Waals surface area (Å²) in [4.78, 5) is 25.5. The predicted molar refractivity (Wildman–Crippen MR) is 87.2 cm³/mol. The van der Waals surface area contributed by atoms with Crippen LogP contribution in [0.2, 0.25) is 0 Å². The average molecular weight is 329 g/mol. The number of piperidine rings is 1. The summed E-state index contributed by atoms with van der Waals surface area (Å²) in [7, 11) is 0. The summed E-state index contributed by atoms with van der Waals surface area (Å²) in [6.45, 7) is 11.5. The highest BCUT2D eigenvalue weighted by molar-refractivity contribution is 5.74. The van der Waals surface area contributed by atoms with Gasteiger partial charge in [-0.15, -0.1) is 0 Å². The fourth-order valence-electron chi connectivity index (χ4n) is 2.45. The first-order valence-corrected chi connectivity index (χ1v) is 8.53. The first-order valence-electron chi connectivity index (χ1n) is 8.53. The molecule has 0 radical (unpaired) electrons. The molecule has 1 aliphatic heterocycles. The van der Waals surface area contributed by atoms with Gasteiger partial charge in [0.15, 0.2) is 6.10 Å². The molecule has 134 valence electrons. The zero-order chi connectivity index (χ0) is 17.5. The fourth-order valence-corrected chi connectivity index (χ4v) is 2.45. The van der Waals surface area contributed by atoms with Gasteiger partial charge >= 0.3 is 12.1 Å². The van der Waals surface area contributed by atoms with E-state index >= 15 is 0 Å². The third-order valence-corrected chi connectivity index (χ3v) is 3.72. The predicted octanol–water partition coefficient (Wildman–Crippen LogP) is 2.99. The van der Waals surface area contributed by atoms with E-state index in [1.807, 2.05) is 27.7 Å². The lowest BCUT2D eigenvalue weighted by molar-refractivity contribution is -0.158. The van der Waals surface area contributed by atoms with Crippen molar-refractivity contribution in [2.75, 3.05) is 26.3 Å². The number of likely N-dealkylation sites (tertiary alicyclic amines) is 1. The minimum absolute atomic E-state index is 0.255. The lowest BCUT2D eigenvalue weighted by atomic mass is 9.98. The molecule has 0 spiro atoms. The van der Waals surface area contributed by atoms with Gasteiger partial charge in [0.1, 0.15) is 5.60 Å². The summed E-state index contributed by atoms with van der Waals surface area (Å²) < 4.78 is 16.1. The van der Waals surface area contributed by atoms with Crippen LogP contribution in [0.3, 0.4) is 0 Å². The maximum absolute atomic E-state index is 12.0. The summed E-state index contributed by atoms with van der Waals surface area (Å²) in [5.41, 5.74) is -0.467. The zero-order valence-electron chi connectivity index (χ0n) is 15.1. The highest BCUT2D eigenvalue weighted by Crippen LogP contribution is 2.20. The Bertz CT molecular complexity index is 383. The largest absolute Gasteiger partial charge is 0.464 e. The Kier molecular flexibility index (Phi) is 7.82. The highest BCUT2D eigenvalue weighted by Gasteiger charge is 2.28. The molecule has 0 N–H and O–H groups in total. The number of ether oxygens (including phenoxy) is 3. The number of carbonyl (C=O) groups is 2. The van der Waals surface area contributed by atoms with Crippen LogP contribution in [0.15, 0.2) is 0 Å². The number of nitrogens with zero attached hydrogens (tertiary/aromatic N) is 1. The molecule has 1 saturated heterocycles. The summed E-state index contributed by atoms with van der Waals surface area (Å²) in [5, 5.41) is 0. The van der Waals surface area contributed by atoms with E-state index in [4.69, 9.17) is 14.2 Å². The van der Waals surface area contributed by atoms with Gasteiger partial charge in [-0.2, -0.15) is 0 Å². The van der Waals surface area contributed by atoms with E-state index in [0.717, 1.165) is 12.8 Å². The van der Waals surface area contributed by atoms with Gasteiger partial charge in [0.2, 0.25) is 0 Å². The smallest absolute Gasteiger partial charge is 0.410 e. The second-order valence-corrected chi connectivity index (χ2v) is 6.89. The third-order valence-electron chi connectivity index (χ3n) is 3.72. The first kappa shape index (κ1) is 19.7. The molecule has 0 bridgehead atoms. The monoisotopic (exact) mass is 329 g/mol. The quantitative estimate of drug-likeness (QED) is 0.701. The molecule has 6 nitrogen and oxygen atoms in total. The Morgan fingerprint density at radius 2 is 1.78 bits per heavy atom. The molecule has 0 aliphatic carbocycles. The summed E-state index contributed by atoms with van der Waals surface area (Å²) in [6.07, 6.45) is 1.58. The molecule has 23 heavy (non-hydrogen) atoms. The van der Waals surface area contributed by atoms with Crippen LogP contribution in [-0.2, 0) is 19.0 Å². The van der Waals surface area contributed by atoms with Gasteiger partial charge < -0.3 is 19.1 Å². The first-order chi connectivity index (χ1) is 10.8.